The first-order chi connectivity index (χ1) is 23.5. The second-order valence-corrected chi connectivity index (χ2v) is 18.2. The van der Waals surface area contributed by atoms with Gasteiger partial charge in [0.1, 0.15) is 0 Å². The number of aromatic nitrogens is 2. The summed E-state index contributed by atoms with van der Waals surface area (Å²) in [6, 6.07) is 1.79. The average Bonchev–Trinajstić information content (AvgIpc) is 3.48. The van der Waals surface area contributed by atoms with Gasteiger partial charge >= 0.3 is 0 Å². The molecule has 0 radical (unpaired) electrons. The van der Waals surface area contributed by atoms with Crippen molar-refractivity contribution in [3.8, 4) is 0 Å². The van der Waals surface area contributed by atoms with Gasteiger partial charge in [-0.2, -0.15) is 5.10 Å². The van der Waals surface area contributed by atoms with Gasteiger partial charge in [0, 0.05) is 37.5 Å². The van der Waals surface area contributed by atoms with Crippen LogP contribution in [-0.4, -0.2) is 71.8 Å². The lowest BCUT2D eigenvalue weighted by atomic mass is 9.86. The van der Waals surface area contributed by atoms with Crippen LogP contribution in [0.15, 0.2) is 12.4 Å². The summed E-state index contributed by atoms with van der Waals surface area (Å²) in [5.41, 5.74) is 1.35. The quantitative estimate of drug-likeness (QED) is 0.172. The van der Waals surface area contributed by atoms with Crippen LogP contribution >= 0.6 is 0 Å². The first-order valence-electron chi connectivity index (χ1n) is 21.2. The number of likely N-dealkylation sites (tertiary alicyclic amines) is 1. The smallest absolute Gasteiger partial charge is 0.0594 e. The number of rotatable bonds is 16. The molecule has 2 rings (SSSR count). The lowest BCUT2D eigenvalue weighted by Crippen LogP contribution is -2.39. The van der Waals surface area contributed by atoms with Crippen LogP contribution in [-0.2, 0) is 15.9 Å². The maximum absolute atomic E-state index is 5.35. The molecule has 6 heteroatoms. The van der Waals surface area contributed by atoms with E-state index in [9.17, 15) is 0 Å². The summed E-state index contributed by atoms with van der Waals surface area (Å²) in [4.78, 5) is 2.60. The Bertz CT molecular complexity index is 808. The fourth-order valence-corrected chi connectivity index (χ4v) is 5.29. The first-order valence-corrected chi connectivity index (χ1v) is 21.2. The predicted molar refractivity (Wildman–Crippen MR) is 229 cm³/mol. The van der Waals surface area contributed by atoms with Gasteiger partial charge in [-0.1, -0.05) is 90.0 Å². The number of piperidine rings is 1. The molecule has 1 aromatic heterocycles. The van der Waals surface area contributed by atoms with Crippen molar-refractivity contribution in [3.05, 3.63) is 18.0 Å². The van der Waals surface area contributed by atoms with E-state index in [1.54, 1.807) is 0 Å². The third kappa shape index (κ3) is 35.8. The molecule has 0 bridgehead atoms. The van der Waals surface area contributed by atoms with E-state index in [2.05, 4.69) is 167 Å². The van der Waals surface area contributed by atoms with Crippen LogP contribution in [0.3, 0.4) is 0 Å². The SMILES string of the molecule is CC(C)C(C)C(C)C.CC(C)C1CCN(C(C)C)CC1.CC(C)CCOC(C)C.CC(C)Cc1cnn(C(C)C)c1.CC(C)NCCOC(C)C. The van der Waals surface area contributed by atoms with Gasteiger partial charge < -0.3 is 19.7 Å². The van der Waals surface area contributed by atoms with Crippen molar-refractivity contribution in [3.63, 3.8) is 0 Å². The normalized spacial score (nSPS) is 14.1. The molecule has 0 unspecified atom stereocenters. The van der Waals surface area contributed by atoms with Gasteiger partial charge in [-0.25, -0.2) is 0 Å². The molecule has 2 heterocycles. The van der Waals surface area contributed by atoms with Gasteiger partial charge in [0.05, 0.1) is 25.0 Å². The number of nitrogens with zero attached hydrogens (tertiary/aromatic N) is 3. The highest BCUT2D eigenvalue weighted by Gasteiger charge is 2.22. The van der Waals surface area contributed by atoms with Crippen molar-refractivity contribution >= 4 is 0 Å². The maximum atomic E-state index is 5.35. The number of hydrogen-bond acceptors (Lipinski definition) is 5. The van der Waals surface area contributed by atoms with Crippen LogP contribution in [0.1, 0.15) is 176 Å². The highest BCUT2D eigenvalue weighted by molar-refractivity contribution is 5.04. The van der Waals surface area contributed by atoms with Crippen LogP contribution < -0.4 is 5.32 Å². The second kappa shape index (κ2) is 32.5. The highest BCUT2D eigenvalue weighted by atomic mass is 16.5. The fourth-order valence-electron chi connectivity index (χ4n) is 5.29. The molecule has 0 atom stereocenters. The van der Waals surface area contributed by atoms with Crippen LogP contribution in [0.4, 0.5) is 0 Å². The minimum absolute atomic E-state index is 0.356. The predicted octanol–water partition coefficient (Wildman–Crippen LogP) is 12.2. The molecule has 1 saturated heterocycles. The van der Waals surface area contributed by atoms with Gasteiger partial charge in [0.2, 0.25) is 0 Å². The van der Waals surface area contributed by atoms with Crippen molar-refractivity contribution in [2.24, 2.45) is 41.4 Å². The van der Waals surface area contributed by atoms with Gasteiger partial charge in [0.15, 0.2) is 0 Å². The largest absolute Gasteiger partial charge is 0.379 e. The molecule has 1 N–H and O–H groups in total. The topological polar surface area (TPSA) is 51.5 Å². The second-order valence-electron chi connectivity index (χ2n) is 18.2. The molecular formula is C45H96N4O2. The van der Waals surface area contributed by atoms with Crippen LogP contribution in [0.5, 0.6) is 0 Å². The Kier molecular flexibility index (Phi) is 34.6. The number of ether oxygens (including phenoxy) is 2. The molecule has 0 aromatic carbocycles. The summed E-state index contributed by atoms with van der Waals surface area (Å²) < 4.78 is 12.7. The standard InChI is InChI=1S/C11H23N.C10H18N2.C8H19NO.C8H18O.C8H18/c1-9(2)11-5-7-12(8-6-11)10(3)4;1-8(2)5-10-6-11-12(7-10)9(3)4;1-7(2)9-5-6-10-8(3)4;1-7(2)5-6-9-8(3)4;1-6(2)8(5)7(3)4/h9-11H,5-8H2,1-4H3;6-9H,5H2,1-4H3;7-9H,5-6H2,1-4H3;7-8H,5-6H2,1-4H3;6-8H,1-5H3. The first kappa shape index (κ1) is 54.4. The third-order valence-corrected chi connectivity index (χ3v) is 9.43. The fraction of sp³-hybridized carbons (Fsp3) is 0.933. The van der Waals surface area contributed by atoms with E-state index in [1.807, 2.05) is 10.9 Å². The van der Waals surface area contributed by atoms with Crippen LogP contribution in [0.2, 0.25) is 0 Å². The average molecular weight is 725 g/mol. The Morgan fingerprint density at radius 2 is 1.16 bits per heavy atom. The summed E-state index contributed by atoms with van der Waals surface area (Å²) in [6.45, 7) is 51.8. The molecule has 1 fully saturated rings. The third-order valence-electron chi connectivity index (χ3n) is 9.43. The van der Waals surface area contributed by atoms with Crippen molar-refractivity contribution in [2.45, 2.75) is 201 Å². The number of nitrogens with one attached hydrogen (secondary N) is 1. The lowest BCUT2D eigenvalue weighted by Gasteiger charge is -2.36. The molecular weight excluding hydrogens is 629 g/mol. The van der Waals surface area contributed by atoms with Crippen LogP contribution in [0.25, 0.3) is 0 Å². The molecule has 51 heavy (non-hydrogen) atoms. The van der Waals surface area contributed by atoms with Gasteiger partial charge in [-0.3, -0.25) is 4.68 Å². The number of hydrogen-bond donors (Lipinski definition) is 1. The minimum atomic E-state index is 0.356. The zero-order valence-electron chi connectivity index (χ0n) is 38.6. The summed E-state index contributed by atoms with van der Waals surface area (Å²) in [6.07, 6.45) is 10.00. The maximum Gasteiger partial charge on any atom is 0.0594 e. The molecule has 0 spiro atoms. The van der Waals surface area contributed by atoms with Crippen molar-refractivity contribution < 1.29 is 9.47 Å². The van der Waals surface area contributed by atoms with Gasteiger partial charge in [-0.15, -0.1) is 0 Å². The molecule has 1 aliphatic heterocycles. The minimum Gasteiger partial charge on any atom is -0.379 e. The van der Waals surface area contributed by atoms with E-state index in [1.165, 1.54) is 37.9 Å². The van der Waals surface area contributed by atoms with E-state index < -0.39 is 0 Å². The van der Waals surface area contributed by atoms with E-state index in [0.717, 1.165) is 73.6 Å². The van der Waals surface area contributed by atoms with Gasteiger partial charge in [-0.05, 0) is 141 Å². The van der Waals surface area contributed by atoms with E-state index >= 15 is 0 Å². The molecule has 6 nitrogen and oxygen atoms in total. The Hall–Kier alpha value is -0.950. The Labute approximate surface area is 322 Å². The molecule has 1 aromatic rings. The summed E-state index contributed by atoms with van der Waals surface area (Å²) in [7, 11) is 0. The Balaban J connectivity index is -0.000000570. The molecule has 1 aliphatic rings. The molecule has 0 saturated carbocycles. The zero-order valence-corrected chi connectivity index (χ0v) is 38.6. The van der Waals surface area contributed by atoms with E-state index in [-0.39, 0.29) is 0 Å². The van der Waals surface area contributed by atoms with Crippen molar-refractivity contribution in [2.75, 3.05) is 32.8 Å². The van der Waals surface area contributed by atoms with E-state index in [4.69, 9.17) is 9.47 Å². The molecule has 0 amide bonds. The summed E-state index contributed by atoms with van der Waals surface area (Å²) in [5, 5.41) is 7.56. The Morgan fingerprint density at radius 3 is 1.47 bits per heavy atom. The van der Waals surface area contributed by atoms with Crippen molar-refractivity contribution in [1.29, 1.82) is 0 Å². The zero-order chi connectivity index (χ0) is 40.3. The molecule has 308 valence electrons. The summed E-state index contributed by atoms with van der Waals surface area (Å²) >= 11 is 0. The molecule has 0 aliphatic carbocycles. The lowest BCUT2D eigenvalue weighted by molar-refractivity contribution is 0.0710. The highest BCUT2D eigenvalue weighted by Crippen LogP contribution is 2.25. The van der Waals surface area contributed by atoms with Gasteiger partial charge in [0.25, 0.3) is 0 Å². The van der Waals surface area contributed by atoms with Crippen LogP contribution in [0, 0.1) is 41.4 Å². The Morgan fingerprint density at radius 1 is 0.667 bits per heavy atom. The van der Waals surface area contributed by atoms with Crippen molar-refractivity contribution in [1.82, 2.24) is 20.0 Å². The summed E-state index contributed by atoms with van der Waals surface area (Å²) in [5.74, 6) is 5.91. The van der Waals surface area contributed by atoms with E-state index in [0.29, 0.717) is 24.3 Å². The monoisotopic (exact) mass is 725 g/mol.